The van der Waals surface area contributed by atoms with Crippen molar-refractivity contribution in [3.8, 4) is 0 Å². The van der Waals surface area contributed by atoms with Crippen LogP contribution in [0.1, 0.15) is 20.3 Å². The molecular weight excluding hydrogens is 271 g/mol. The molecule has 2 N–H and O–H groups in total. The van der Waals surface area contributed by atoms with E-state index in [1.54, 1.807) is 0 Å². The van der Waals surface area contributed by atoms with E-state index in [1.165, 1.54) is 6.92 Å². The van der Waals surface area contributed by atoms with Gasteiger partial charge in [0.15, 0.2) is 0 Å². The van der Waals surface area contributed by atoms with Crippen LogP contribution < -0.4 is 0 Å². The number of amides is 1. The lowest BCUT2D eigenvalue weighted by Crippen LogP contribution is -2.52. The van der Waals surface area contributed by atoms with Gasteiger partial charge in [0.2, 0.25) is 0 Å². The summed E-state index contributed by atoms with van der Waals surface area (Å²) in [5, 5.41) is 17.4. The van der Waals surface area contributed by atoms with Crippen LogP contribution in [-0.2, 0) is 14.4 Å². The largest absolute Gasteiger partial charge is 0.481 e. The van der Waals surface area contributed by atoms with Crippen molar-refractivity contribution in [2.75, 3.05) is 6.54 Å². The molecule has 0 radical (unpaired) electrons. The molecule has 0 saturated heterocycles. The molecule has 0 aliphatic carbocycles. The summed E-state index contributed by atoms with van der Waals surface area (Å²) < 4.78 is 37.1. The van der Waals surface area contributed by atoms with Crippen LogP contribution >= 0.6 is 0 Å². The molecule has 0 aromatic heterocycles. The van der Waals surface area contributed by atoms with Gasteiger partial charge in [-0.2, -0.15) is 13.2 Å². The molecule has 0 rings (SSSR count). The number of carbonyl (C=O) groups excluding carboxylic acids is 1. The Balaban J connectivity index is 5.30. The van der Waals surface area contributed by atoms with E-state index in [0.29, 0.717) is 0 Å². The first kappa shape index (κ1) is 17.2. The van der Waals surface area contributed by atoms with Gasteiger partial charge in [-0.25, -0.2) is 4.79 Å². The number of nitrogens with zero attached hydrogens (tertiary/aromatic N) is 1. The zero-order valence-electron chi connectivity index (χ0n) is 10.3. The molecular formula is C10H14F3NO5. The van der Waals surface area contributed by atoms with E-state index in [9.17, 15) is 27.6 Å². The summed E-state index contributed by atoms with van der Waals surface area (Å²) >= 11 is 0. The molecule has 110 valence electrons. The van der Waals surface area contributed by atoms with Crippen molar-refractivity contribution in [1.82, 2.24) is 4.90 Å². The van der Waals surface area contributed by atoms with Crippen molar-refractivity contribution < 1.29 is 37.8 Å². The van der Waals surface area contributed by atoms with E-state index >= 15 is 0 Å². The molecule has 0 aliphatic rings. The first-order valence-corrected chi connectivity index (χ1v) is 5.35. The van der Waals surface area contributed by atoms with Gasteiger partial charge in [0.05, 0.1) is 5.92 Å². The summed E-state index contributed by atoms with van der Waals surface area (Å²) in [6.45, 7) is 1.56. The maximum atomic E-state index is 12.4. The van der Waals surface area contributed by atoms with Gasteiger partial charge in [-0.05, 0) is 6.42 Å². The normalized spacial score (nSPS) is 14.6. The molecule has 0 aromatic carbocycles. The van der Waals surface area contributed by atoms with E-state index < -0.39 is 42.5 Å². The van der Waals surface area contributed by atoms with E-state index in [-0.39, 0.29) is 11.3 Å². The van der Waals surface area contributed by atoms with Crippen LogP contribution in [-0.4, -0.2) is 51.7 Å². The Morgan fingerprint density at radius 2 is 1.63 bits per heavy atom. The number of alkyl halides is 3. The molecule has 2 unspecified atom stereocenters. The Kier molecular flexibility index (Phi) is 5.79. The monoisotopic (exact) mass is 285 g/mol. The molecule has 2 atom stereocenters. The maximum Gasteiger partial charge on any atom is 0.471 e. The summed E-state index contributed by atoms with van der Waals surface area (Å²) in [5.74, 6) is -6.69. The van der Waals surface area contributed by atoms with Crippen LogP contribution in [0.3, 0.4) is 0 Å². The highest BCUT2D eigenvalue weighted by atomic mass is 19.4. The van der Waals surface area contributed by atoms with Crippen LogP contribution in [0.5, 0.6) is 0 Å². The fraction of sp³-hybridized carbons (Fsp3) is 0.700. The molecule has 0 fully saturated rings. The lowest BCUT2D eigenvalue weighted by molar-refractivity contribution is -0.191. The lowest BCUT2D eigenvalue weighted by atomic mass is 10.1. The van der Waals surface area contributed by atoms with E-state index in [0.717, 1.165) is 6.92 Å². The molecule has 0 aliphatic heterocycles. The van der Waals surface area contributed by atoms with Crippen molar-refractivity contribution >= 4 is 17.8 Å². The van der Waals surface area contributed by atoms with Gasteiger partial charge in [-0.15, -0.1) is 0 Å². The van der Waals surface area contributed by atoms with Gasteiger partial charge in [0.1, 0.15) is 6.04 Å². The third-order valence-electron chi connectivity index (χ3n) is 2.44. The Bertz CT molecular complexity index is 369. The zero-order valence-corrected chi connectivity index (χ0v) is 10.3. The standard InChI is InChI=1S/C10H14F3NO5/c1-3-6(8(17)18)14(4-5(2)7(15)16)9(19)10(11,12)13/h5-6H,3-4H2,1-2H3,(H,15,16)(H,17,18). The van der Waals surface area contributed by atoms with Crippen LogP contribution in [0.15, 0.2) is 0 Å². The number of halogens is 3. The second-order valence-electron chi connectivity index (χ2n) is 3.96. The van der Waals surface area contributed by atoms with E-state index in [2.05, 4.69) is 0 Å². The van der Waals surface area contributed by atoms with E-state index in [1.807, 2.05) is 0 Å². The summed E-state index contributed by atoms with van der Waals surface area (Å²) in [5.41, 5.74) is 0. The molecule has 0 aromatic rings. The Labute approximate surface area is 106 Å². The number of hydrogen-bond acceptors (Lipinski definition) is 3. The SMILES string of the molecule is CCC(C(=O)O)N(CC(C)C(=O)O)C(=O)C(F)(F)F. The average molecular weight is 285 g/mol. The Morgan fingerprint density at radius 1 is 1.16 bits per heavy atom. The summed E-state index contributed by atoms with van der Waals surface area (Å²) in [4.78, 5) is 32.7. The van der Waals surface area contributed by atoms with Crippen LogP contribution in [0.4, 0.5) is 13.2 Å². The first-order chi connectivity index (χ1) is 8.52. The minimum atomic E-state index is -5.25. The minimum absolute atomic E-state index is 0.0428. The molecule has 6 nitrogen and oxygen atoms in total. The zero-order chi connectivity index (χ0) is 15.4. The second kappa shape index (κ2) is 6.39. The molecule has 0 bridgehead atoms. The van der Waals surface area contributed by atoms with Crippen molar-refractivity contribution in [2.24, 2.45) is 5.92 Å². The van der Waals surface area contributed by atoms with Crippen LogP contribution in [0.2, 0.25) is 0 Å². The smallest absolute Gasteiger partial charge is 0.471 e. The first-order valence-electron chi connectivity index (χ1n) is 5.35. The number of rotatable bonds is 6. The topological polar surface area (TPSA) is 94.9 Å². The van der Waals surface area contributed by atoms with Crippen molar-refractivity contribution in [2.45, 2.75) is 32.5 Å². The highest BCUT2D eigenvalue weighted by Crippen LogP contribution is 2.22. The van der Waals surface area contributed by atoms with Gasteiger partial charge in [0.25, 0.3) is 0 Å². The van der Waals surface area contributed by atoms with Crippen LogP contribution in [0, 0.1) is 5.92 Å². The van der Waals surface area contributed by atoms with Gasteiger partial charge in [0, 0.05) is 6.54 Å². The third-order valence-corrected chi connectivity index (χ3v) is 2.44. The maximum absolute atomic E-state index is 12.4. The van der Waals surface area contributed by atoms with Gasteiger partial charge < -0.3 is 15.1 Å². The van der Waals surface area contributed by atoms with Gasteiger partial charge >= 0.3 is 24.0 Å². The molecule has 1 amide bonds. The summed E-state index contributed by atoms with van der Waals surface area (Å²) in [7, 11) is 0. The summed E-state index contributed by atoms with van der Waals surface area (Å²) in [6, 6.07) is -1.71. The molecule has 0 saturated carbocycles. The van der Waals surface area contributed by atoms with Crippen molar-refractivity contribution in [3.05, 3.63) is 0 Å². The number of aliphatic carboxylic acids is 2. The lowest BCUT2D eigenvalue weighted by Gasteiger charge is -2.30. The quantitative estimate of drug-likeness (QED) is 0.758. The van der Waals surface area contributed by atoms with Crippen molar-refractivity contribution in [3.63, 3.8) is 0 Å². The van der Waals surface area contributed by atoms with E-state index in [4.69, 9.17) is 10.2 Å². The van der Waals surface area contributed by atoms with Crippen LogP contribution in [0.25, 0.3) is 0 Å². The number of carboxylic acids is 2. The molecule has 0 spiro atoms. The Morgan fingerprint density at radius 3 is 1.89 bits per heavy atom. The summed E-state index contributed by atoms with van der Waals surface area (Å²) in [6.07, 6.45) is -5.51. The molecule has 19 heavy (non-hydrogen) atoms. The van der Waals surface area contributed by atoms with Gasteiger partial charge in [-0.1, -0.05) is 13.8 Å². The predicted molar refractivity (Wildman–Crippen MR) is 56.3 cm³/mol. The minimum Gasteiger partial charge on any atom is -0.481 e. The highest BCUT2D eigenvalue weighted by Gasteiger charge is 2.46. The fourth-order valence-corrected chi connectivity index (χ4v) is 1.42. The van der Waals surface area contributed by atoms with Crippen molar-refractivity contribution in [1.29, 1.82) is 0 Å². The number of carbonyl (C=O) groups is 3. The predicted octanol–water partition coefficient (Wildman–Crippen LogP) is 0.961. The number of hydrogen-bond donors (Lipinski definition) is 2. The molecule has 9 heteroatoms. The fourth-order valence-electron chi connectivity index (χ4n) is 1.42. The average Bonchev–Trinajstić information content (AvgIpc) is 2.25. The Hall–Kier alpha value is -1.80. The number of carboxylic acid groups (broad SMARTS) is 2. The highest BCUT2D eigenvalue weighted by molar-refractivity contribution is 5.87. The second-order valence-corrected chi connectivity index (χ2v) is 3.96. The van der Waals surface area contributed by atoms with Gasteiger partial charge in [-0.3, -0.25) is 9.59 Å². The molecule has 0 heterocycles. The third kappa shape index (κ3) is 4.76.